The molecule has 0 radical (unpaired) electrons. The van der Waals surface area contributed by atoms with E-state index < -0.39 is 0 Å². The molecule has 8 heteroatoms. The van der Waals surface area contributed by atoms with Crippen LogP contribution in [0.25, 0.3) is 5.65 Å². The van der Waals surface area contributed by atoms with Crippen LogP contribution < -0.4 is 9.80 Å². The first-order valence-corrected chi connectivity index (χ1v) is 7.98. The minimum atomic E-state index is 0.640. The molecule has 0 bridgehead atoms. The van der Waals surface area contributed by atoms with Crippen molar-refractivity contribution in [3.05, 3.63) is 42.0 Å². The maximum absolute atomic E-state index is 5.46. The van der Waals surface area contributed by atoms with E-state index in [1.807, 2.05) is 19.2 Å². The first-order valence-electron chi connectivity index (χ1n) is 7.98. The number of aromatic nitrogens is 5. The Morgan fingerprint density at radius 2 is 1.96 bits per heavy atom. The van der Waals surface area contributed by atoms with Crippen LogP contribution in [-0.4, -0.2) is 58.6 Å². The van der Waals surface area contributed by atoms with Gasteiger partial charge in [-0.3, -0.25) is 0 Å². The fraction of sp³-hybridized carbons (Fsp3) is 0.375. The van der Waals surface area contributed by atoms with Crippen molar-refractivity contribution in [2.45, 2.75) is 6.54 Å². The molecule has 1 aliphatic rings. The molecule has 3 aromatic rings. The summed E-state index contributed by atoms with van der Waals surface area (Å²) in [6.07, 6.45) is 0. The van der Waals surface area contributed by atoms with Gasteiger partial charge < -0.3 is 14.5 Å². The van der Waals surface area contributed by atoms with E-state index in [0.717, 1.165) is 38.7 Å². The van der Waals surface area contributed by atoms with Gasteiger partial charge in [-0.15, -0.1) is 14.8 Å². The molecule has 1 fully saturated rings. The van der Waals surface area contributed by atoms with E-state index in [9.17, 15) is 0 Å². The molecular weight excluding hydrogens is 306 g/mol. The predicted molar refractivity (Wildman–Crippen MR) is 90.2 cm³/mol. The first-order chi connectivity index (χ1) is 11.8. The molecule has 1 saturated heterocycles. The van der Waals surface area contributed by atoms with Gasteiger partial charge in [0.05, 0.1) is 13.2 Å². The molecule has 3 heterocycles. The number of benzene rings is 1. The van der Waals surface area contributed by atoms with E-state index in [0.29, 0.717) is 5.65 Å². The van der Waals surface area contributed by atoms with Gasteiger partial charge >= 0.3 is 0 Å². The van der Waals surface area contributed by atoms with Crippen molar-refractivity contribution in [2.24, 2.45) is 0 Å². The van der Waals surface area contributed by atoms with Crippen LogP contribution in [0.4, 0.5) is 11.5 Å². The fourth-order valence-electron chi connectivity index (χ4n) is 2.94. The Morgan fingerprint density at radius 1 is 1.12 bits per heavy atom. The van der Waals surface area contributed by atoms with Crippen LogP contribution in [0.5, 0.6) is 0 Å². The third-order valence-corrected chi connectivity index (χ3v) is 4.20. The van der Waals surface area contributed by atoms with Crippen LogP contribution in [0.2, 0.25) is 0 Å². The number of para-hydroxylation sites is 1. The molecule has 8 nitrogen and oxygen atoms in total. The molecule has 0 amide bonds. The molecule has 124 valence electrons. The van der Waals surface area contributed by atoms with Gasteiger partial charge in [0.2, 0.25) is 0 Å². The molecule has 0 atom stereocenters. The van der Waals surface area contributed by atoms with Crippen LogP contribution in [0.3, 0.4) is 0 Å². The molecule has 0 spiro atoms. The second-order valence-corrected chi connectivity index (χ2v) is 5.80. The summed E-state index contributed by atoms with van der Waals surface area (Å²) in [5.74, 6) is 0.826. The van der Waals surface area contributed by atoms with E-state index in [2.05, 4.69) is 54.7 Å². The Labute approximate surface area is 139 Å². The average molecular weight is 325 g/mol. The number of hydrogen-bond acceptors (Lipinski definition) is 7. The number of hydrogen-bond donors (Lipinski definition) is 0. The largest absolute Gasteiger partial charge is 0.378 e. The van der Waals surface area contributed by atoms with Gasteiger partial charge in [-0.1, -0.05) is 18.2 Å². The van der Waals surface area contributed by atoms with Crippen LogP contribution >= 0.6 is 0 Å². The van der Waals surface area contributed by atoms with Gasteiger partial charge in [-0.25, -0.2) is 0 Å². The number of morpholine rings is 1. The highest BCUT2D eigenvalue weighted by Gasteiger charge is 2.16. The Hall–Kier alpha value is -2.74. The summed E-state index contributed by atoms with van der Waals surface area (Å²) in [4.78, 5) is 4.48. The number of fused-ring (bicyclic) bond motifs is 1. The zero-order valence-electron chi connectivity index (χ0n) is 13.5. The quantitative estimate of drug-likeness (QED) is 0.708. The minimum absolute atomic E-state index is 0.640. The second-order valence-electron chi connectivity index (χ2n) is 5.80. The van der Waals surface area contributed by atoms with Crippen molar-refractivity contribution in [1.82, 2.24) is 25.3 Å². The van der Waals surface area contributed by atoms with Gasteiger partial charge in [0.15, 0.2) is 11.5 Å². The number of rotatable bonds is 4. The smallest absolute Gasteiger partial charge is 0.200 e. The van der Waals surface area contributed by atoms with Crippen molar-refractivity contribution >= 4 is 17.2 Å². The van der Waals surface area contributed by atoms with Crippen LogP contribution in [0.15, 0.2) is 36.4 Å². The van der Waals surface area contributed by atoms with E-state index in [1.54, 1.807) is 0 Å². The third-order valence-electron chi connectivity index (χ3n) is 4.20. The third kappa shape index (κ3) is 2.88. The Kier molecular flexibility index (Phi) is 3.96. The lowest BCUT2D eigenvalue weighted by Gasteiger charge is -2.31. The second kappa shape index (κ2) is 6.40. The predicted octanol–water partition coefficient (Wildman–Crippen LogP) is 0.992. The topological polar surface area (TPSA) is 71.7 Å². The zero-order chi connectivity index (χ0) is 16.4. The number of nitrogens with zero attached hydrogens (tertiary/aromatic N) is 7. The highest BCUT2D eigenvalue weighted by atomic mass is 16.5. The summed E-state index contributed by atoms with van der Waals surface area (Å²) in [6.45, 7) is 4.17. The molecule has 0 saturated carbocycles. The normalized spacial score (nSPS) is 15.0. The zero-order valence-corrected chi connectivity index (χ0v) is 13.5. The molecule has 0 N–H and O–H groups in total. The van der Waals surface area contributed by atoms with E-state index in [-0.39, 0.29) is 0 Å². The lowest BCUT2D eigenvalue weighted by molar-refractivity contribution is 0.122. The summed E-state index contributed by atoms with van der Waals surface area (Å²) < 4.78 is 6.91. The first kappa shape index (κ1) is 14.8. The SMILES string of the molecule is CN(Cc1ccccc1N1CCOCC1)c1ccc2nnnn2n1. The Bertz CT molecular complexity index is 828. The molecule has 24 heavy (non-hydrogen) atoms. The minimum Gasteiger partial charge on any atom is -0.378 e. The monoisotopic (exact) mass is 325 g/mol. The lowest BCUT2D eigenvalue weighted by Crippen LogP contribution is -2.37. The summed E-state index contributed by atoms with van der Waals surface area (Å²) in [5, 5.41) is 15.8. The highest BCUT2D eigenvalue weighted by molar-refractivity contribution is 5.56. The standard InChI is InChI=1S/C16H19N7O/c1-21(16-7-6-15-17-19-20-23(15)18-16)12-13-4-2-3-5-14(13)22-8-10-24-11-9-22/h2-7H,8-12H2,1H3. The molecule has 1 aliphatic heterocycles. The van der Waals surface area contributed by atoms with Crippen LogP contribution in [0.1, 0.15) is 5.56 Å². The molecule has 4 rings (SSSR count). The average Bonchev–Trinajstić information content (AvgIpc) is 3.10. The fourth-order valence-corrected chi connectivity index (χ4v) is 2.94. The lowest BCUT2D eigenvalue weighted by atomic mass is 10.1. The van der Waals surface area contributed by atoms with Crippen molar-refractivity contribution in [3.63, 3.8) is 0 Å². The maximum atomic E-state index is 5.46. The van der Waals surface area contributed by atoms with Crippen LogP contribution in [0, 0.1) is 0 Å². The molecule has 0 aliphatic carbocycles. The maximum Gasteiger partial charge on any atom is 0.200 e. The molecule has 2 aromatic heterocycles. The molecule has 1 aromatic carbocycles. The Balaban J connectivity index is 1.57. The summed E-state index contributed by atoms with van der Waals surface area (Å²) in [7, 11) is 2.02. The Morgan fingerprint density at radius 3 is 2.83 bits per heavy atom. The van der Waals surface area contributed by atoms with Gasteiger partial charge in [-0.05, 0) is 34.2 Å². The van der Waals surface area contributed by atoms with Gasteiger partial charge in [0.25, 0.3) is 0 Å². The van der Waals surface area contributed by atoms with E-state index in [4.69, 9.17) is 4.74 Å². The van der Waals surface area contributed by atoms with Gasteiger partial charge in [-0.2, -0.15) is 0 Å². The number of anilines is 2. The van der Waals surface area contributed by atoms with E-state index in [1.165, 1.54) is 15.9 Å². The number of ether oxygens (including phenoxy) is 1. The van der Waals surface area contributed by atoms with Gasteiger partial charge in [0.1, 0.15) is 0 Å². The molecular formula is C16H19N7O. The van der Waals surface area contributed by atoms with Crippen LogP contribution in [-0.2, 0) is 11.3 Å². The summed E-state index contributed by atoms with van der Waals surface area (Å²) >= 11 is 0. The van der Waals surface area contributed by atoms with Crippen molar-refractivity contribution in [3.8, 4) is 0 Å². The van der Waals surface area contributed by atoms with E-state index >= 15 is 0 Å². The van der Waals surface area contributed by atoms with Crippen molar-refractivity contribution in [2.75, 3.05) is 43.2 Å². The molecule has 0 unspecified atom stereocenters. The van der Waals surface area contributed by atoms with Crippen molar-refractivity contribution < 1.29 is 4.74 Å². The number of tetrazole rings is 1. The van der Waals surface area contributed by atoms with Gasteiger partial charge in [0, 0.05) is 32.4 Å². The summed E-state index contributed by atoms with van der Waals surface area (Å²) in [6, 6.07) is 12.3. The highest BCUT2D eigenvalue weighted by Crippen LogP contribution is 2.24. The van der Waals surface area contributed by atoms with Crippen molar-refractivity contribution in [1.29, 1.82) is 0 Å². The summed E-state index contributed by atoms with van der Waals surface area (Å²) in [5.41, 5.74) is 3.16.